The van der Waals surface area contributed by atoms with E-state index in [2.05, 4.69) is 10.6 Å². The standard InChI is InChI=1S/C12H14BClN2O/c13-8-1-3-9(4-2-8)15-11(14)7-12(17)16-10-5-6-10/h1-4,7,10,15H,5-6,13H2,(H,16,17)/b11-7-. The van der Waals surface area contributed by atoms with Crippen LogP contribution in [0.3, 0.4) is 0 Å². The fourth-order valence-electron chi connectivity index (χ4n) is 1.40. The van der Waals surface area contributed by atoms with Gasteiger partial charge in [0.15, 0.2) is 0 Å². The summed E-state index contributed by atoms with van der Waals surface area (Å²) >= 11 is 5.94. The van der Waals surface area contributed by atoms with Crippen molar-refractivity contribution in [3.8, 4) is 0 Å². The highest BCUT2D eigenvalue weighted by Gasteiger charge is 2.22. The van der Waals surface area contributed by atoms with Gasteiger partial charge >= 0.3 is 0 Å². The van der Waals surface area contributed by atoms with E-state index >= 15 is 0 Å². The summed E-state index contributed by atoms with van der Waals surface area (Å²) in [6.45, 7) is 0. The largest absolute Gasteiger partial charge is 0.350 e. The second kappa shape index (κ2) is 5.28. The van der Waals surface area contributed by atoms with Crippen LogP contribution in [0.5, 0.6) is 0 Å². The lowest BCUT2D eigenvalue weighted by molar-refractivity contribution is -0.116. The molecule has 3 nitrogen and oxygen atoms in total. The van der Waals surface area contributed by atoms with E-state index in [1.165, 1.54) is 11.5 Å². The van der Waals surface area contributed by atoms with E-state index in [4.69, 9.17) is 11.6 Å². The SMILES string of the molecule is Bc1ccc(N/C(Cl)=C\C(=O)NC2CC2)cc1. The van der Waals surface area contributed by atoms with Gasteiger partial charge in [0.25, 0.3) is 0 Å². The Kier molecular flexibility index (Phi) is 3.74. The summed E-state index contributed by atoms with van der Waals surface area (Å²) in [4.78, 5) is 11.4. The first-order valence-corrected chi connectivity index (χ1v) is 6.02. The first-order chi connectivity index (χ1) is 8.13. The Morgan fingerprint density at radius 3 is 2.59 bits per heavy atom. The Bertz CT molecular complexity index is 440. The Labute approximate surface area is 107 Å². The Morgan fingerprint density at radius 2 is 2.00 bits per heavy atom. The predicted octanol–water partition coefficient (Wildman–Crippen LogP) is 0.716. The number of rotatable bonds is 4. The molecule has 1 aromatic carbocycles. The van der Waals surface area contributed by atoms with Crippen molar-refractivity contribution < 1.29 is 4.79 Å². The summed E-state index contributed by atoms with van der Waals surface area (Å²) in [6, 6.07) is 8.16. The monoisotopic (exact) mass is 248 g/mol. The average Bonchev–Trinajstić information content (AvgIpc) is 3.05. The highest BCUT2D eigenvalue weighted by atomic mass is 35.5. The lowest BCUT2D eigenvalue weighted by Gasteiger charge is -2.05. The Balaban J connectivity index is 1.90. The fourth-order valence-corrected chi connectivity index (χ4v) is 1.60. The van der Waals surface area contributed by atoms with Gasteiger partial charge in [-0.3, -0.25) is 4.79 Å². The smallest absolute Gasteiger partial charge is 0.247 e. The molecular formula is C12H14BClN2O. The van der Waals surface area contributed by atoms with Crippen LogP contribution in [-0.2, 0) is 4.79 Å². The third kappa shape index (κ3) is 4.15. The molecule has 1 saturated carbocycles. The molecule has 88 valence electrons. The number of carbonyl (C=O) groups is 1. The lowest BCUT2D eigenvalue weighted by Crippen LogP contribution is -2.23. The van der Waals surface area contributed by atoms with Gasteiger partial charge in [-0.25, -0.2) is 0 Å². The van der Waals surface area contributed by atoms with Crippen molar-refractivity contribution in [1.82, 2.24) is 5.32 Å². The number of hydrogen-bond donors (Lipinski definition) is 2. The zero-order valence-electron chi connectivity index (χ0n) is 9.66. The summed E-state index contributed by atoms with van der Waals surface area (Å²) in [5.41, 5.74) is 2.05. The summed E-state index contributed by atoms with van der Waals surface area (Å²) in [7, 11) is 2.02. The van der Waals surface area contributed by atoms with Gasteiger partial charge in [-0.05, 0) is 25.0 Å². The van der Waals surface area contributed by atoms with E-state index in [0.717, 1.165) is 18.5 Å². The average molecular weight is 249 g/mol. The number of hydrogen-bond acceptors (Lipinski definition) is 2. The molecule has 1 fully saturated rings. The second-order valence-corrected chi connectivity index (χ2v) is 4.67. The van der Waals surface area contributed by atoms with E-state index in [1.807, 2.05) is 32.1 Å². The van der Waals surface area contributed by atoms with Crippen LogP contribution < -0.4 is 16.1 Å². The van der Waals surface area contributed by atoms with Crippen molar-refractivity contribution in [1.29, 1.82) is 0 Å². The fraction of sp³-hybridized carbons (Fsp3) is 0.250. The zero-order chi connectivity index (χ0) is 12.3. The molecule has 1 aliphatic carbocycles. The summed E-state index contributed by atoms with van der Waals surface area (Å²) in [5, 5.41) is 6.13. The number of carbonyl (C=O) groups excluding carboxylic acids is 1. The van der Waals surface area contributed by atoms with E-state index in [0.29, 0.717) is 11.2 Å². The Morgan fingerprint density at radius 1 is 1.35 bits per heavy atom. The summed E-state index contributed by atoms with van der Waals surface area (Å²) in [6.07, 6.45) is 3.52. The number of nitrogens with one attached hydrogen (secondary N) is 2. The molecule has 1 amide bonds. The molecule has 1 aromatic rings. The van der Waals surface area contributed by atoms with Crippen molar-refractivity contribution in [3.63, 3.8) is 0 Å². The van der Waals surface area contributed by atoms with Crippen LogP contribution in [-0.4, -0.2) is 19.8 Å². The molecule has 0 aromatic heterocycles. The number of amides is 1. The maximum atomic E-state index is 11.4. The Hall–Kier alpha value is -1.42. The first kappa shape index (κ1) is 12.1. The van der Waals surface area contributed by atoms with Gasteiger partial charge in [0, 0.05) is 17.8 Å². The van der Waals surface area contributed by atoms with Crippen LogP contribution in [0.2, 0.25) is 0 Å². The zero-order valence-corrected chi connectivity index (χ0v) is 10.4. The molecule has 2 rings (SSSR count). The molecular weight excluding hydrogens is 234 g/mol. The van der Waals surface area contributed by atoms with Crippen LogP contribution in [0.15, 0.2) is 35.5 Å². The lowest BCUT2D eigenvalue weighted by atomic mass is 9.96. The van der Waals surface area contributed by atoms with Crippen LogP contribution in [0, 0.1) is 0 Å². The van der Waals surface area contributed by atoms with Crippen molar-refractivity contribution in [3.05, 3.63) is 35.5 Å². The van der Waals surface area contributed by atoms with Crippen molar-refractivity contribution in [2.75, 3.05) is 5.32 Å². The van der Waals surface area contributed by atoms with Gasteiger partial charge in [0.05, 0.1) is 0 Å². The second-order valence-electron chi connectivity index (χ2n) is 4.27. The third-order valence-electron chi connectivity index (χ3n) is 2.50. The van der Waals surface area contributed by atoms with Crippen LogP contribution in [0.1, 0.15) is 12.8 Å². The number of anilines is 1. The molecule has 2 N–H and O–H groups in total. The van der Waals surface area contributed by atoms with Gasteiger partial charge in [-0.15, -0.1) is 0 Å². The van der Waals surface area contributed by atoms with E-state index < -0.39 is 0 Å². The number of benzene rings is 1. The summed E-state index contributed by atoms with van der Waals surface area (Å²) in [5.74, 6) is -0.142. The molecule has 0 unspecified atom stereocenters. The van der Waals surface area contributed by atoms with Crippen molar-refractivity contribution in [2.45, 2.75) is 18.9 Å². The van der Waals surface area contributed by atoms with Crippen LogP contribution in [0.4, 0.5) is 5.69 Å². The van der Waals surface area contributed by atoms with Gasteiger partial charge < -0.3 is 10.6 Å². The van der Waals surface area contributed by atoms with E-state index in [-0.39, 0.29) is 5.91 Å². The van der Waals surface area contributed by atoms with E-state index in [1.54, 1.807) is 0 Å². The molecule has 0 spiro atoms. The predicted molar refractivity (Wildman–Crippen MR) is 73.3 cm³/mol. The molecule has 0 heterocycles. The summed E-state index contributed by atoms with van der Waals surface area (Å²) < 4.78 is 0. The minimum absolute atomic E-state index is 0.142. The molecule has 0 aliphatic heterocycles. The van der Waals surface area contributed by atoms with Gasteiger partial charge in [0.1, 0.15) is 13.0 Å². The molecule has 17 heavy (non-hydrogen) atoms. The van der Waals surface area contributed by atoms with Crippen LogP contribution >= 0.6 is 11.6 Å². The van der Waals surface area contributed by atoms with Gasteiger partial charge in [-0.1, -0.05) is 29.2 Å². The van der Waals surface area contributed by atoms with Crippen molar-refractivity contribution >= 4 is 36.5 Å². The minimum atomic E-state index is -0.142. The molecule has 5 heteroatoms. The quantitative estimate of drug-likeness (QED) is 0.468. The molecule has 0 bridgehead atoms. The van der Waals surface area contributed by atoms with Gasteiger partial charge in [0.2, 0.25) is 5.91 Å². The molecule has 0 radical (unpaired) electrons. The third-order valence-corrected chi connectivity index (χ3v) is 2.70. The topological polar surface area (TPSA) is 41.1 Å². The molecule has 0 atom stereocenters. The van der Waals surface area contributed by atoms with Crippen LogP contribution in [0.25, 0.3) is 0 Å². The maximum Gasteiger partial charge on any atom is 0.247 e. The highest BCUT2D eigenvalue weighted by Crippen LogP contribution is 2.18. The minimum Gasteiger partial charge on any atom is -0.350 e. The molecule has 0 saturated heterocycles. The maximum absolute atomic E-state index is 11.4. The molecule has 1 aliphatic rings. The van der Waals surface area contributed by atoms with E-state index in [9.17, 15) is 4.79 Å². The number of halogens is 1. The first-order valence-electron chi connectivity index (χ1n) is 5.65. The van der Waals surface area contributed by atoms with Gasteiger partial charge in [-0.2, -0.15) is 0 Å². The van der Waals surface area contributed by atoms with Crippen molar-refractivity contribution in [2.24, 2.45) is 0 Å². The normalized spacial score (nSPS) is 15.5. The highest BCUT2D eigenvalue weighted by molar-refractivity contribution is 6.33.